The summed E-state index contributed by atoms with van der Waals surface area (Å²) >= 11 is 2.41. The third kappa shape index (κ3) is 10.3. The fraction of sp³-hybridized carbons (Fsp3) is 0.0952. The predicted molar refractivity (Wildman–Crippen MR) is 231 cm³/mol. The number of nitrogens with zero attached hydrogens (tertiary/aromatic N) is 10. The molecule has 20 heteroatoms. The second-order valence-corrected chi connectivity index (χ2v) is 14.5. The summed E-state index contributed by atoms with van der Waals surface area (Å²) < 4.78 is 12.2. The van der Waals surface area contributed by atoms with Crippen molar-refractivity contribution < 1.29 is 29.0 Å². The maximum atomic E-state index is 12.6. The van der Waals surface area contributed by atoms with Crippen molar-refractivity contribution in [3.05, 3.63) is 158 Å². The van der Waals surface area contributed by atoms with E-state index >= 15 is 0 Å². The highest BCUT2D eigenvalue weighted by atomic mass is 32.2. The minimum Gasteiger partial charge on any atom is -0.478 e. The summed E-state index contributed by atoms with van der Waals surface area (Å²) in [6.07, 6.45) is 10.7. The number of carboxylic acid groups (broad SMARTS) is 1. The number of ether oxygens (including phenoxy) is 1. The molecule has 0 aliphatic carbocycles. The lowest BCUT2D eigenvalue weighted by atomic mass is 10.2. The molecule has 0 radical (unpaired) electrons. The number of aromatic nitrogens is 10. The fourth-order valence-corrected chi connectivity index (χ4v) is 7.21. The molecule has 0 aliphatic heterocycles. The lowest BCUT2D eigenvalue weighted by Crippen LogP contribution is -2.18. The van der Waals surface area contributed by atoms with E-state index in [4.69, 9.17) is 4.74 Å². The Kier molecular flexibility index (Phi) is 13.9. The Hall–Kier alpha value is -7.84. The number of esters is 1. The molecule has 0 aliphatic rings. The van der Waals surface area contributed by atoms with Crippen molar-refractivity contribution in [3.63, 3.8) is 0 Å². The first-order valence-corrected chi connectivity index (χ1v) is 20.7. The number of nitrogens with one attached hydrogen (secondary N) is 2. The number of anilines is 2. The molecule has 8 rings (SSSR count). The number of hydrogen-bond donors (Lipinski definition) is 3. The van der Waals surface area contributed by atoms with Crippen molar-refractivity contribution in [1.29, 1.82) is 0 Å². The Morgan fingerprint density at radius 2 is 1.02 bits per heavy atom. The number of benzene rings is 2. The molecule has 0 saturated carbocycles. The van der Waals surface area contributed by atoms with Gasteiger partial charge in [-0.1, -0.05) is 59.9 Å². The van der Waals surface area contributed by atoms with Gasteiger partial charge in [0.1, 0.15) is 11.4 Å². The quantitative estimate of drug-likeness (QED) is 0.0768. The summed E-state index contributed by atoms with van der Waals surface area (Å²) in [5, 5.41) is 32.7. The van der Waals surface area contributed by atoms with E-state index < -0.39 is 11.9 Å². The number of carbonyl (C=O) groups excluding carboxylic acids is 3. The van der Waals surface area contributed by atoms with Crippen LogP contribution < -0.4 is 10.6 Å². The van der Waals surface area contributed by atoms with Gasteiger partial charge in [0.25, 0.3) is 0 Å². The van der Waals surface area contributed by atoms with Crippen molar-refractivity contribution in [1.82, 2.24) is 49.1 Å². The molecule has 18 nitrogen and oxygen atoms in total. The third-order valence-corrected chi connectivity index (χ3v) is 10.3. The van der Waals surface area contributed by atoms with Gasteiger partial charge in [-0.15, -0.1) is 20.4 Å². The van der Waals surface area contributed by atoms with E-state index in [-0.39, 0.29) is 41.2 Å². The summed E-state index contributed by atoms with van der Waals surface area (Å²) in [7, 11) is 0. The van der Waals surface area contributed by atoms with E-state index in [9.17, 15) is 24.3 Å². The van der Waals surface area contributed by atoms with Crippen LogP contribution in [0.25, 0.3) is 23.0 Å². The summed E-state index contributed by atoms with van der Waals surface area (Å²) in [5.41, 5.74) is 2.29. The molecule has 8 aromatic rings. The van der Waals surface area contributed by atoms with Crippen LogP contribution in [0.5, 0.6) is 0 Å². The number of thioether (sulfide) groups is 2. The van der Waals surface area contributed by atoms with E-state index in [1.807, 2.05) is 90.1 Å². The highest BCUT2D eigenvalue weighted by Crippen LogP contribution is 2.26. The van der Waals surface area contributed by atoms with Gasteiger partial charge in [-0.2, -0.15) is 0 Å². The minimum absolute atomic E-state index is 0.0234. The first kappa shape index (κ1) is 42.3. The molecular weight excluding hydrogens is 833 g/mol. The van der Waals surface area contributed by atoms with Gasteiger partial charge < -0.3 is 20.5 Å². The second-order valence-electron chi connectivity index (χ2n) is 12.6. The molecular formula is C42H36N12O6S2. The van der Waals surface area contributed by atoms with Gasteiger partial charge in [0.05, 0.1) is 40.6 Å². The third-order valence-electron chi connectivity index (χ3n) is 8.44. The molecule has 0 saturated heterocycles. The molecule has 62 heavy (non-hydrogen) atoms. The van der Waals surface area contributed by atoms with Gasteiger partial charge in [0.2, 0.25) is 33.8 Å². The normalized spacial score (nSPS) is 10.7. The Bertz CT molecular complexity index is 2760. The van der Waals surface area contributed by atoms with Gasteiger partial charge in [-0.05, 0) is 79.7 Å². The minimum atomic E-state index is -1.11. The van der Waals surface area contributed by atoms with Gasteiger partial charge >= 0.3 is 11.9 Å². The highest BCUT2D eigenvalue weighted by Gasteiger charge is 2.21. The SMILES string of the molecule is CCOC(=O)c1ccccc1NC(=O)CSc1nnc(-c2ccccn2)n1-n1cccc1.O=C(CSc1nnc(-c2ccccn2)n1-n1cccc1)Nc1ccccc1C(=O)O. The Morgan fingerprint density at radius 3 is 1.45 bits per heavy atom. The Balaban J connectivity index is 0.000000187. The van der Waals surface area contributed by atoms with Gasteiger partial charge in [0.15, 0.2) is 0 Å². The van der Waals surface area contributed by atoms with Crippen LogP contribution in [-0.2, 0) is 14.3 Å². The van der Waals surface area contributed by atoms with E-state index in [0.29, 0.717) is 44.6 Å². The molecule has 2 amide bonds. The van der Waals surface area contributed by atoms with Crippen LogP contribution in [0, 0.1) is 0 Å². The molecule has 0 spiro atoms. The van der Waals surface area contributed by atoms with Crippen LogP contribution in [0.3, 0.4) is 0 Å². The number of hydrogen-bond acceptors (Lipinski definition) is 13. The zero-order valence-corrected chi connectivity index (χ0v) is 34.4. The lowest BCUT2D eigenvalue weighted by molar-refractivity contribution is -0.114. The van der Waals surface area contributed by atoms with E-state index in [1.165, 1.54) is 29.6 Å². The number of rotatable bonds is 15. The van der Waals surface area contributed by atoms with Crippen molar-refractivity contribution in [3.8, 4) is 23.0 Å². The summed E-state index contributed by atoms with van der Waals surface area (Å²) in [6, 6.07) is 31.5. The number of carboxylic acids is 1. The van der Waals surface area contributed by atoms with E-state index in [2.05, 4.69) is 41.0 Å². The van der Waals surface area contributed by atoms with E-state index in [0.717, 1.165) is 0 Å². The van der Waals surface area contributed by atoms with Gasteiger partial charge in [-0.25, -0.2) is 18.9 Å². The number of pyridine rings is 2. The summed E-state index contributed by atoms with van der Waals surface area (Å²) in [6.45, 7) is 1.99. The molecule has 0 unspecified atom stereocenters. The van der Waals surface area contributed by atoms with E-state index in [1.54, 1.807) is 75.8 Å². The van der Waals surface area contributed by atoms with Crippen LogP contribution >= 0.6 is 23.5 Å². The van der Waals surface area contributed by atoms with Crippen LogP contribution in [0.4, 0.5) is 11.4 Å². The fourth-order valence-electron chi connectivity index (χ4n) is 5.74. The summed E-state index contributed by atoms with van der Waals surface area (Å²) in [5.74, 6) is -1.05. The molecule has 2 aromatic carbocycles. The summed E-state index contributed by atoms with van der Waals surface area (Å²) in [4.78, 5) is 57.2. The second kappa shape index (κ2) is 20.4. The molecule has 0 atom stereocenters. The monoisotopic (exact) mass is 868 g/mol. The van der Waals surface area contributed by atoms with Crippen molar-refractivity contribution in [2.75, 3.05) is 28.7 Å². The van der Waals surface area contributed by atoms with Crippen molar-refractivity contribution in [2.24, 2.45) is 0 Å². The Morgan fingerprint density at radius 1 is 0.581 bits per heavy atom. The molecule has 312 valence electrons. The Labute approximate surface area is 362 Å². The van der Waals surface area contributed by atoms with Crippen molar-refractivity contribution >= 4 is 58.7 Å². The van der Waals surface area contributed by atoms with Crippen LogP contribution in [0.2, 0.25) is 0 Å². The predicted octanol–water partition coefficient (Wildman–Crippen LogP) is 6.24. The average Bonchev–Trinajstić information content (AvgIpc) is 4.14. The standard InChI is InChI=1S/C22H20N6O3S.C20H16N6O3S/c1-2-31-21(30)16-9-3-4-10-17(16)24-19(29)15-32-22-26-25-20(18-11-5-6-12-23-18)28(22)27-13-7-8-14-27;27-17(22-15-8-2-1-7-14(15)19(28)29)13-30-20-24-23-18(16-9-3-4-10-21-16)26(20)25-11-5-6-12-25/h3-14H,2,15H2,1H3,(H,24,29);1-12H,13H2,(H,22,27)(H,28,29). The molecule has 6 aromatic heterocycles. The van der Waals surface area contributed by atoms with Crippen molar-refractivity contribution in [2.45, 2.75) is 17.2 Å². The molecule has 6 heterocycles. The lowest BCUT2D eigenvalue weighted by Gasteiger charge is -2.12. The van der Waals surface area contributed by atoms with Crippen LogP contribution in [0.1, 0.15) is 27.6 Å². The maximum absolute atomic E-state index is 12.6. The van der Waals surface area contributed by atoms with Gasteiger partial charge in [0, 0.05) is 37.2 Å². The van der Waals surface area contributed by atoms with Crippen LogP contribution in [0.15, 0.2) is 157 Å². The van der Waals surface area contributed by atoms with Crippen LogP contribution in [-0.4, -0.2) is 96.0 Å². The first-order chi connectivity index (χ1) is 30.3. The maximum Gasteiger partial charge on any atom is 0.340 e. The number of para-hydroxylation sites is 2. The zero-order chi connectivity index (χ0) is 43.3. The number of aromatic carboxylic acids is 1. The smallest absolute Gasteiger partial charge is 0.340 e. The molecule has 0 bridgehead atoms. The topological polar surface area (TPSA) is 219 Å². The molecule has 3 N–H and O–H groups in total. The first-order valence-electron chi connectivity index (χ1n) is 18.8. The molecule has 0 fully saturated rings. The number of carbonyl (C=O) groups is 4. The number of amides is 2. The average molecular weight is 869 g/mol. The largest absolute Gasteiger partial charge is 0.478 e. The van der Waals surface area contributed by atoms with Gasteiger partial charge in [-0.3, -0.25) is 28.9 Å². The zero-order valence-electron chi connectivity index (χ0n) is 32.8. The highest BCUT2D eigenvalue weighted by molar-refractivity contribution is 8.00.